The van der Waals surface area contributed by atoms with E-state index in [4.69, 9.17) is 15.5 Å². The lowest BCUT2D eigenvalue weighted by Crippen LogP contribution is -2.21. The second-order valence-corrected chi connectivity index (χ2v) is 4.08. The summed E-state index contributed by atoms with van der Waals surface area (Å²) < 4.78 is 5.17. The Hall–Kier alpha value is -2.19. The van der Waals surface area contributed by atoms with Crippen LogP contribution in [0.5, 0.6) is 0 Å². The van der Waals surface area contributed by atoms with Crippen molar-refractivity contribution in [2.24, 2.45) is 5.73 Å². The normalized spacial score (nSPS) is 12.1. The van der Waals surface area contributed by atoms with Crippen molar-refractivity contribution in [2.75, 3.05) is 0 Å². The maximum Gasteiger partial charge on any atom is 0.257 e. The van der Waals surface area contributed by atoms with Crippen LogP contribution in [0.2, 0.25) is 0 Å². The molecule has 1 unspecified atom stereocenters. The van der Waals surface area contributed by atoms with E-state index in [1.807, 2.05) is 13.0 Å². The summed E-state index contributed by atoms with van der Waals surface area (Å²) >= 11 is 0. The molecule has 1 heterocycles. The second kappa shape index (κ2) is 5.43. The standard InChI is InChI=1S/C13H14N4O/c1-2-11(15)7-12-16-13(18-17-12)10-5-3-4-9(6-10)8-14/h3-6,11H,2,7,15H2,1H3. The zero-order valence-corrected chi connectivity index (χ0v) is 10.1. The second-order valence-electron chi connectivity index (χ2n) is 4.08. The lowest BCUT2D eigenvalue weighted by Gasteiger charge is -2.02. The van der Waals surface area contributed by atoms with Crippen molar-refractivity contribution in [3.05, 3.63) is 35.7 Å². The van der Waals surface area contributed by atoms with E-state index >= 15 is 0 Å². The monoisotopic (exact) mass is 242 g/mol. The zero-order valence-electron chi connectivity index (χ0n) is 10.1. The lowest BCUT2D eigenvalue weighted by atomic mass is 10.1. The first kappa shape index (κ1) is 12.3. The van der Waals surface area contributed by atoms with Crippen LogP contribution in [0.25, 0.3) is 11.5 Å². The fourth-order valence-electron chi connectivity index (χ4n) is 1.55. The summed E-state index contributed by atoms with van der Waals surface area (Å²) in [5, 5.41) is 12.7. The van der Waals surface area contributed by atoms with Gasteiger partial charge in [-0.25, -0.2) is 0 Å². The summed E-state index contributed by atoms with van der Waals surface area (Å²) in [5.41, 5.74) is 7.15. The van der Waals surface area contributed by atoms with Gasteiger partial charge >= 0.3 is 0 Å². The minimum Gasteiger partial charge on any atom is -0.334 e. The van der Waals surface area contributed by atoms with Crippen LogP contribution in [0.4, 0.5) is 0 Å². The first-order valence-electron chi connectivity index (χ1n) is 5.81. The molecular weight excluding hydrogens is 228 g/mol. The number of nitrogens with two attached hydrogens (primary N) is 1. The van der Waals surface area contributed by atoms with Crippen LogP contribution in [-0.2, 0) is 6.42 Å². The van der Waals surface area contributed by atoms with Gasteiger partial charge < -0.3 is 10.3 Å². The van der Waals surface area contributed by atoms with E-state index < -0.39 is 0 Å². The summed E-state index contributed by atoms with van der Waals surface area (Å²) in [6, 6.07) is 9.19. The Labute approximate surface area is 105 Å². The molecule has 0 aliphatic rings. The van der Waals surface area contributed by atoms with Crippen molar-refractivity contribution in [1.82, 2.24) is 10.1 Å². The van der Waals surface area contributed by atoms with Crippen molar-refractivity contribution in [3.8, 4) is 17.5 Å². The smallest absolute Gasteiger partial charge is 0.257 e. The SMILES string of the molecule is CCC(N)Cc1noc(-c2cccc(C#N)c2)n1. The number of aromatic nitrogens is 2. The van der Waals surface area contributed by atoms with E-state index in [2.05, 4.69) is 16.2 Å². The number of hydrogen-bond acceptors (Lipinski definition) is 5. The van der Waals surface area contributed by atoms with E-state index in [9.17, 15) is 0 Å². The lowest BCUT2D eigenvalue weighted by molar-refractivity contribution is 0.419. The summed E-state index contributed by atoms with van der Waals surface area (Å²) in [4.78, 5) is 4.28. The van der Waals surface area contributed by atoms with E-state index in [1.54, 1.807) is 18.2 Å². The fourth-order valence-corrected chi connectivity index (χ4v) is 1.55. The minimum atomic E-state index is 0.0425. The Morgan fingerprint density at radius 2 is 2.33 bits per heavy atom. The predicted molar refractivity (Wildman–Crippen MR) is 66.4 cm³/mol. The Morgan fingerprint density at radius 1 is 1.50 bits per heavy atom. The van der Waals surface area contributed by atoms with Crippen LogP contribution in [0.3, 0.4) is 0 Å². The van der Waals surface area contributed by atoms with Gasteiger partial charge in [0.05, 0.1) is 11.6 Å². The number of hydrogen-bond donors (Lipinski definition) is 1. The van der Waals surface area contributed by atoms with Crippen molar-refractivity contribution < 1.29 is 4.52 Å². The molecule has 0 saturated carbocycles. The molecular formula is C13H14N4O. The highest BCUT2D eigenvalue weighted by molar-refractivity contribution is 5.55. The third-order valence-electron chi connectivity index (χ3n) is 2.68. The average molecular weight is 242 g/mol. The molecule has 92 valence electrons. The maximum atomic E-state index is 8.83. The van der Waals surface area contributed by atoms with Gasteiger partial charge in [0, 0.05) is 18.0 Å². The molecule has 5 heteroatoms. The molecule has 2 N–H and O–H groups in total. The third kappa shape index (κ3) is 2.73. The topological polar surface area (TPSA) is 88.7 Å². The van der Waals surface area contributed by atoms with Crippen molar-refractivity contribution >= 4 is 0 Å². The van der Waals surface area contributed by atoms with Gasteiger partial charge in [-0.2, -0.15) is 10.2 Å². The van der Waals surface area contributed by atoms with Gasteiger partial charge in [-0.05, 0) is 24.6 Å². The van der Waals surface area contributed by atoms with E-state index in [0.717, 1.165) is 12.0 Å². The number of benzene rings is 1. The maximum absolute atomic E-state index is 8.83. The van der Waals surface area contributed by atoms with Gasteiger partial charge in [0.15, 0.2) is 5.82 Å². The van der Waals surface area contributed by atoms with Gasteiger partial charge in [0.25, 0.3) is 5.89 Å². The van der Waals surface area contributed by atoms with Gasteiger partial charge in [0.2, 0.25) is 0 Å². The Morgan fingerprint density at radius 3 is 3.06 bits per heavy atom. The molecule has 0 amide bonds. The van der Waals surface area contributed by atoms with E-state index in [-0.39, 0.29) is 6.04 Å². The molecule has 1 atom stereocenters. The first-order valence-corrected chi connectivity index (χ1v) is 5.81. The molecule has 0 aliphatic carbocycles. The summed E-state index contributed by atoms with van der Waals surface area (Å²) in [5.74, 6) is 1.02. The molecule has 2 rings (SSSR count). The highest BCUT2D eigenvalue weighted by Gasteiger charge is 2.11. The van der Waals surface area contributed by atoms with Gasteiger partial charge in [-0.15, -0.1) is 0 Å². The van der Waals surface area contributed by atoms with Crippen LogP contribution in [0.1, 0.15) is 24.7 Å². The molecule has 1 aromatic carbocycles. The van der Waals surface area contributed by atoms with Crippen molar-refractivity contribution in [3.63, 3.8) is 0 Å². The van der Waals surface area contributed by atoms with Gasteiger partial charge in [-0.1, -0.05) is 18.1 Å². The highest BCUT2D eigenvalue weighted by atomic mass is 16.5. The first-order chi connectivity index (χ1) is 8.72. The van der Waals surface area contributed by atoms with E-state index in [0.29, 0.717) is 23.7 Å². The quantitative estimate of drug-likeness (QED) is 0.884. The van der Waals surface area contributed by atoms with Crippen molar-refractivity contribution in [2.45, 2.75) is 25.8 Å². The molecule has 5 nitrogen and oxygen atoms in total. The molecule has 2 aromatic rings. The van der Waals surface area contributed by atoms with Crippen LogP contribution < -0.4 is 5.73 Å². The Bertz CT molecular complexity index is 570. The average Bonchev–Trinajstić information content (AvgIpc) is 2.87. The summed E-state index contributed by atoms with van der Waals surface area (Å²) in [7, 11) is 0. The Kier molecular flexibility index (Phi) is 3.70. The van der Waals surface area contributed by atoms with Crippen molar-refractivity contribution in [1.29, 1.82) is 5.26 Å². The van der Waals surface area contributed by atoms with Crippen LogP contribution in [-0.4, -0.2) is 16.2 Å². The van der Waals surface area contributed by atoms with Crippen LogP contribution >= 0.6 is 0 Å². The fraction of sp³-hybridized carbons (Fsp3) is 0.308. The summed E-state index contributed by atoms with van der Waals surface area (Å²) in [6.07, 6.45) is 1.46. The molecule has 0 spiro atoms. The molecule has 0 aliphatic heterocycles. The molecule has 0 bridgehead atoms. The van der Waals surface area contributed by atoms with E-state index in [1.165, 1.54) is 0 Å². The van der Waals surface area contributed by atoms with Crippen LogP contribution in [0.15, 0.2) is 28.8 Å². The molecule has 18 heavy (non-hydrogen) atoms. The highest BCUT2D eigenvalue weighted by Crippen LogP contribution is 2.18. The van der Waals surface area contributed by atoms with Crippen LogP contribution in [0, 0.1) is 11.3 Å². The van der Waals surface area contributed by atoms with Gasteiger partial charge in [-0.3, -0.25) is 0 Å². The number of nitriles is 1. The molecule has 0 saturated heterocycles. The molecule has 1 aromatic heterocycles. The minimum absolute atomic E-state index is 0.0425. The largest absolute Gasteiger partial charge is 0.334 e. The van der Waals surface area contributed by atoms with Gasteiger partial charge in [0.1, 0.15) is 0 Å². The number of rotatable bonds is 4. The Balaban J connectivity index is 2.21. The molecule has 0 radical (unpaired) electrons. The third-order valence-corrected chi connectivity index (χ3v) is 2.68. The summed E-state index contributed by atoms with van der Waals surface area (Å²) in [6.45, 7) is 2.02. The number of nitrogens with zero attached hydrogens (tertiary/aromatic N) is 3. The molecule has 0 fully saturated rings. The zero-order chi connectivity index (χ0) is 13.0. The predicted octanol–water partition coefficient (Wildman–Crippen LogP) is 1.89.